The van der Waals surface area contributed by atoms with Gasteiger partial charge in [-0.05, 0) is 18.1 Å². The average molecular weight is 262 g/mol. The Bertz CT molecular complexity index is 557. The monoisotopic (exact) mass is 262 g/mol. The molecular weight excluding hydrogens is 244 g/mol. The molecule has 1 N–H and O–H groups in total. The van der Waals surface area contributed by atoms with Crippen LogP contribution in [0.3, 0.4) is 0 Å². The lowest BCUT2D eigenvalue weighted by Gasteiger charge is -2.33. The van der Waals surface area contributed by atoms with Crippen molar-refractivity contribution in [2.24, 2.45) is 0 Å². The van der Waals surface area contributed by atoms with E-state index in [1.165, 1.54) is 0 Å². The van der Waals surface area contributed by atoms with Gasteiger partial charge in [0.25, 0.3) is 0 Å². The van der Waals surface area contributed by atoms with Crippen molar-refractivity contribution >= 4 is 0 Å². The summed E-state index contributed by atoms with van der Waals surface area (Å²) in [6.45, 7) is 5.81. The third-order valence-corrected chi connectivity index (χ3v) is 3.52. The van der Waals surface area contributed by atoms with Gasteiger partial charge in [-0.2, -0.15) is 5.26 Å². The van der Waals surface area contributed by atoms with Crippen LogP contribution in [0.25, 0.3) is 0 Å². The molecule has 0 heterocycles. The van der Waals surface area contributed by atoms with Gasteiger partial charge in [-0.3, -0.25) is 5.32 Å². The number of nitriles is 1. The van der Waals surface area contributed by atoms with Crippen LogP contribution in [-0.2, 0) is 5.54 Å². The van der Waals surface area contributed by atoms with Crippen LogP contribution in [0.15, 0.2) is 73.3 Å². The largest absolute Gasteiger partial charge is 0.285 e. The predicted octanol–water partition coefficient (Wildman–Crippen LogP) is 3.62. The van der Waals surface area contributed by atoms with E-state index in [1.54, 1.807) is 6.08 Å². The van der Waals surface area contributed by atoms with Gasteiger partial charge in [-0.25, -0.2) is 0 Å². The molecule has 0 saturated carbocycles. The molecule has 0 aliphatic carbocycles. The fourth-order valence-electron chi connectivity index (χ4n) is 2.33. The first kappa shape index (κ1) is 14.0. The Kier molecular flexibility index (Phi) is 4.34. The first-order valence-electron chi connectivity index (χ1n) is 6.61. The third kappa shape index (κ3) is 2.79. The maximum absolute atomic E-state index is 9.20. The summed E-state index contributed by atoms with van der Waals surface area (Å²) in [5, 5.41) is 12.6. The number of rotatable bonds is 5. The van der Waals surface area contributed by atoms with Gasteiger partial charge in [-0.15, -0.1) is 6.58 Å². The Morgan fingerprint density at radius 3 is 1.85 bits per heavy atom. The van der Waals surface area contributed by atoms with Crippen molar-refractivity contribution in [2.45, 2.75) is 18.5 Å². The molecule has 0 aromatic heterocycles. The molecule has 0 aliphatic heterocycles. The van der Waals surface area contributed by atoms with Crippen LogP contribution in [0.1, 0.15) is 18.1 Å². The highest BCUT2D eigenvalue weighted by molar-refractivity contribution is 5.38. The molecule has 0 spiro atoms. The molecule has 0 saturated heterocycles. The summed E-state index contributed by atoms with van der Waals surface area (Å²) in [6.07, 6.45) is 1.63. The van der Waals surface area contributed by atoms with Gasteiger partial charge in [0.1, 0.15) is 6.04 Å². The molecule has 2 aromatic rings. The fraction of sp³-hybridized carbons (Fsp3) is 0.167. The minimum atomic E-state index is -0.433. The van der Waals surface area contributed by atoms with Gasteiger partial charge in [-0.1, -0.05) is 66.7 Å². The Morgan fingerprint density at radius 1 is 1.05 bits per heavy atom. The van der Waals surface area contributed by atoms with Crippen LogP contribution in [0.5, 0.6) is 0 Å². The van der Waals surface area contributed by atoms with Crippen molar-refractivity contribution in [3.8, 4) is 6.07 Å². The Hall–Kier alpha value is -2.37. The standard InChI is InChI=1S/C18H18N2/c1-3-17(14-19)20-18(2,15-10-6-4-7-11-15)16-12-8-5-9-13-16/h3-13,17,20H,1H2,2H3. The van der Waals surface area contributed by atoms with E-state index in [1.807, 2.05) is 36.4 Å². The van der Waals surface area contributed by atoms with Gasteiger partial charge in [0.15, 0.2) is 0 Å². The quantitative estimate of drug-likeness (QED) is 0.835. The predicted molar refractivity (Wildman–Crippen MR) is 82.1 cm³/mol. The van der Waals surface area contributed by atoms with Crippen molar-refractivity contribution in [3.63, 3.8) is 0 Å². The zero-order valence-corrected chi connectivity index (χ0v) is 11.6. The number of benzene rings is 2. The molecule has 0 aliphatic rings. The zero-order chi connectivity index (χ0) is 14.4. The number of hydrogen-bond acceptors (Lipinski definition) is 2. The zero-order valence-electron chi connectivity index (χ0n) is 11.6. The van der Waals surface area contributed by atoms with Crippen LogP contribution < -0.4 is 5.32 Å². The van der Waals surface area contributed by atoms with Crippen molar-refractivity contribution in [2.75, 3.05) is 0 Å². The summed E-state index contributed by atoms with van der Waals surface area (Å²) in [5.41, 5.74) is 1.80. The van der Waals surface area contributed by atoms with Crippen LogP contribution in [0.4, 0.5) is 0 Å². The van der Waals surface area contributed by atoms with Gasteiger partial charge in [0.05, 0.1) is 11.6 Å². The molecule has 2 rings (SSSR count). The molecule has 0 fully saturated rings. The molecule has 1 unspecified atom stereocenters. The van der Waals surface area contributed by atoms with Gasteiger partial charge in [0.2, 0.25) is 0 Å². The maximum Gasteiger partial charge on any atom is 0.115 e. The van der Waals surface area contributed by atoms with E-state index in [-0.39, 0.29) is 0 Å². The molecule has 2 heteroatoms. The number of nitrogens with one attached hydrogen (secondary N) is 1. The second-order valence-electron chi connectivity index (χ2n) is 4.84. The molecule has 0 bridgehead atoms. The van der Waals surface area contributed by atoms with Crippen LogP contribution in [0, 0.1) is 11.3 Å². The summed E-state index contributed by atoms with van der Waals surface area (Å²) in [5.74, 6) is 0. The van der Waals surface area contributed by atoms with Gasteiger partial charge < -0.3 is 0 Å². The molecule has 20 heavy (non-hydrogen) atoms. The smallest absolute Gasteiger partial charge is 0.115 e. The van der Waals surface area contributed by atoms with E-state index in [2.05, 4.69) is 49.2 Å². The van der Waals surface area contributed by atoms with Crippen LogP contribution >= 0.6 is 0 Å². The lowest BCUT2D eigenvalue weighted by Crippen LogP contribution is -2.45. The summed E-state index contributed by atoms with van der Waals surface area (Å²) < 4.78 is 0. The highest BCUT2D eigenvalue weighted by Crippen LogP contribution is 2.29. The van der Waals surface area contributed by atoms with Crippen molar-refractivity contribution in [3.05, 3.63) is 84.4 Å². The molecule has 0 radical (unpaired) electrons. The summed E-state index contributed by atoms with van der Waals surface area (Å²) in [4.78, 5) is 0. The molecular formula is C18H18N2. The lowest BCUT2D eigenvalue weighted by atomic mass is 9.84. The average Bonchev–Trinajstić information content (AvgIpc) is 2.54. The van der Waals surface area contributed by atoms with E-state index < -0.39 is 11.6 Å². The van der Waals surface area contributed by atoms with Gasteiger partial charge >= 0.3 is 0 Å². The number of hydrogen-bond donors (Lipinski definition) is 1. The highest BCUT2D eigenvalue weighted by atomic mass is 15.0. The SMILES string of the molecule is C=CC(C#N)NC(C)(c1ccccc1)c1ccccc1. The lowest BCUT2D eigenvalue weighted by molar-refractivity contribution is 0.434. The fourth-order valence-corrected chi connectivity index (χ4v) is 2.33. The summed E-state index contributed by atoms with van der Waals surface area (Å²) in [7, 11) is 0. The molecule has 100 valence electrons. The summed E-state index contributed by atoms with van der Waals surface area (Å²) >= 11 is 0. The minimum Gasteiger partial charge on any atom is -0.285 e. The molecule has 2 aromatic carbocycles. The third-order valence-electron chi connectivity index (χ3n) is 3.52. The van der Waals surface area contributed by atoms with E-state index in [0.717, 1.165) is 11.1 Å². The first-order valence-corrected chi connectivity index (χ1v) is 6.61. The Morgan fingerprint density at radius 2 is 1.50 bits per heavy atom. The van der Waals surface area contributed by atoms with E-state index in [9.17, 15) is 5.26 Å². The maximum atomic E-state index is 9.20. The number of nitrogens with zero attached hydrogens (tertiary/aromatic N) is 1. The first-order chi connectivity index (χ1) is 9.70. The Labute approximate surface area is 120 Å². The Balaban J connectivity index is 2.49. The van der Waals surface area contributed by atoms with Crippen molar-refractivity contribution < 1.29 is 0 Å². The minimum absolute atomic E-state index is 0.402. The molecule has 0 amide bonds. The second kappa shape index (κ2) is 6.18. The van der Waals surface area contributed by atoms with Crippen LogP contribution in [-0.4, -0.2) is 6.04 Å². The van der Waals surface area contributed by atoms with E-state index in [4.69, 9.17) is 0 Å². The topological polar surface area (TPSA) is 35.8 Å². The van der Waals surface area contributed by atoms with Gasteiger partial charge in [0, 0.05) is 0 Å². The highest BCUT2D eigenvalue weighted by Gasteiger charge is 2.30. The summed E-state index contributed by atoms with van der Waals surface area (Å²) in [6, 6.07) is 22.1. The normalized spacial score (nSPS) is 12.4. The second-order valence-corrected chi connectivity index (χ2v) is 4.84. The molecule has 2 nitrogen and oxygen atoms in total. The van der Waals surface area contributed by atoms with Crippen molar-refractivity contribution in [1.29, 1.82) is 5.26 Å². The van der Waals surface area contributed by atoms with Crippen molar-refractivity contribution in [1.82, 2.24) is 5.32 Å². The van der Waals surface area contributed by atoms with E-state index in [0.29, 0.717) is 0 Å². The molecule has 1 atom stereocenters. The van der Waals surface area contributed by atoms with Crippen LogP contribution in [0.2, 0.25) is 0 Å². The van der Waals surface area contributed by atoms with E-state index >= 15 is 0 Å².